The van der Waals surface area contributed by atoms with E-state index in [-0.39, 0.29) is 29.0 Å². The largest absolute Gasteiger partial charge is 0.393 e. The number of ketones is 1. The molecule has 218 valence electrons. The van der Waals surface area contributed by atoms with E-state index < -0.39 is 17.4 Å². The van der Waals surface area contributed by atoms with Crippen LogP contribution in [0.15, 0.2) is 24.4 Å². The summed E-state index contributed by atoms with van der Waals surface area (Å²) in [6.45, 7) is 18.3. The number of fused-ring (bicyclic) bond motifs is 1. The van der Waals surface area contributed by atoms with Gasteiger partial charge < -0.3 is 5.11 Å². The number of nitrogens with zero attached hydrogens (tertiary/aromatic N) is 4. The number of rotatable bonds is 9. The molecule has 39 heavy (non-hydrogen) atoms. The van der Waals surface area contributed by atoms with Crippen molar-refractivity contribution in [2.75, 3.05) is 0 Å². The minimum absolute atomic E-state index is 0.00684. The summed E-state index contributed by atoms with van der Waals surface area (Å²) in [5.41, 5.74) is 1.86. The van der Waals surface area contributed by atoms with Gasteiger partial charge in [-0.15, -0.1) is 5.10 Å². The lowest BCUT2D eigenvalue weighted by molar-refractivity contribution is 0.101. The highest BCUT2D eigenvalue weighted by molar-refractivity contribution is 5.95. The zero-order valence-electron chi connectivity index (χ0n) is 25.3. The van der Waals surface area contributed by atoms with Gasteiger partial charge in [0, 0.05) is 5.56 Å². The normalized spacial score (nSPS) is 11.3. The van der Waals surface area contributed by atoms with Crippen molar-refractivity contribution in [2.45, 2.75) is 119 Å². The molecule has 0 aliphatic rings. The van der Waals surface area contributed by atoms with E-state index in [4.69, 9.17) is 5.11 Å². The smallest absolute Gasteiger partial charge is 0.170 e. The van der Waals surface area contributed by atoms with E-state index >= 15 is 0 Å². The molecule has 3 aromatic rings. The molecule has 8 heteroatoms. The lowest BCUT2D eigenvalue weighted by Crippen LogP contribution is -2.10. The molecule has 0 unspecified atom stereocenters. The molecule has 6 nitrogen and oxygen atoms in total. The zero-order chi connectivity index (χ0) is 29.8. The third-order valence-corrected chi connectivity index (χ3v) is 6.69. The Hall–Kier alpha value is -2.74. The molecule has 0 aliphatic carbocycles. The Labute approximate surface area is 233 Å². The van der Waals surface area contributed by atoms with Gasteiger partial charge in [0.05, 0.1) is 29.6 Å². The van der Waals surface area contributed by atoms with E-state index in [2.05, 4.69) is 56.8 Å². The molecule has 2 heterocycles. The lowest BCUT2D eigenvalue weighted by Gasteiger charge is -2.16. The van der Waals surface area contributed by atoms with E-state index in [1.54, 1.807) is 12.3 Å². The topological polar surface area (TPSA) is 80.9 Å². The van der Waals surface area contributed by atoms with Gasteiger partial charge in [-0.05, 0) is 56.2 Å². The predicted molar refractivity (Wildman–Crippen MR) is 156 cm³/mol. The number of carbonyl (C=O) groups excluding carboxylic acids is 1. The van der Waals surface area contributed by atoms with Crippen LogP contribution in [-0.4, -0.2) is 37.0 Å². The van der Waals surface area contributed by atoms with Crippen LogP contribution in [0.1, 0.15) is 124 Å². The van der Waals surface area contributed by atoms with Crippen LogP contribution in [0.2, 0.25) is 0 Å². The summed E-state index contributed by atoms with van der Waals surface area (Å²) in [6, 6.07) is 4.47. The lowest BCUT2D eigenvalue weighted by atomic mass is 9.94. The molecule has 0 radical (unpaired) electrons. The highest BCUT2D eigenvalue weighted by Gasteiger charge is 2.20. The summed E-state index contributed by atoms with van der Waals surface area (Å²) >= 11 is 0. The fourth-order valence-corrected chi connectivity index (χ4v) is 3.62. The maximum atomic E-state index is 14.4. The van der Waals surface area contributed by atoms with Gasteiger partial charge in [0.1, 0.15) is 11.0 Å². The first-order valence-electron chi connectivity index (χ1n) is 14.2. The SMILES string of the molecule is CCC(C)(C)C.CCC(O)CC.CCCC(CCC)n1nnc2cc(-c3ccc(C(C)=O)c(F)c3F)ncc21. The summed E-state index contributed by atoms with van der Waals surface area (Å²) in [5.74, 6) is -2.77. The number of halogens is 2. The average molecular weight is 547 g/mol. The van der Waals surface area contributed by atoms with Crippen molar-refractivity contribution in [1.29, 1.82) is 0 Å². The van der Waals surface area contributed by atoms with E-state index in [1.807, 2.05) is 18.5 Å². The summed E-state index contributed by atoms with van der Waals surface area (Å²) in [4.78, 5) is 15.7. The number of aliphatic hydroxyl groups excluding tert-OH is 1. The van der Waals surface area contributed by atoms with Crippen molar-refractivity contribution in [3.63, 3.8) is 0 Å². The molecular weight excluding hydrogens is 498 g/mol. The van der Waals surface area contributed by atoms with Gasteiger partial charge in [0.15, 0.2) is 17.4 Å². The molecule has 2 aromatic heterocycles. The van der Waals surface area contributed by atoms with Gasteiger partial charge in [-0.2, -0.15) is 0 Å². The molecule has 0 fully saturated rings. The summed E-state index contributed by atoms with van der Waals surface area (Å²) in [5, 5.41) is 17.1. The number of Topliss-reactive ketones (excluding diaryl/α,β-unsaturated/α-hetero) is 1. The van der Waals surface area contributed by atoms with Crippen LogP contribution >= 0.6 is 0 Å². The number of carbonyl (C=O) groups is 1. The van der Waals surface area contributed by atoms with Gasteiger partial charge in [-0.3, -0.25) is 9.78 Å². The Morgan fingerprint density at radius 2 is 1.56 bits per heavy atom. The summed E-state index contributed by atoms with van der Waals surface area (Å²) in [6.07, 6.45) is 8.61. The number of benzene rings is 1. The van der Waals surface area contributed by atoms with Crippen LogP contribution in [0.25, 0.3) is 22.3 Å². The first kappa shape index (κ1) is 34.3. The first-order valence-corrected chi connectivity index (χ1v) is 14.2. The number of hydrogen-bond acceptors (Lipinski definition) is 5. The molecule has 0 bridgehead atoms. The van der Waals surface area contributed by atoms with E-state index in [0.29, 0.717) is 10.9 Å². The van der Waals surface area contributed by atoms with Crippen molar-refractivity contribution in [1.82, 2.24) is 20.0 Å². The van der Waals surface area contributed by atoms with Crippen molar-refractivity contribution in [3.05, 3.63) is 41.6 Å². The van der Waals surface area contributed by atoms with Crippen LogP contribution in [0.3, 0.4) is 0 Å². The fraction of sp³-hybridized carbons (Fsp3) is 0.613. The van der Waals surface area contributed by atoms with Gasteiger partial charge >= 0.3 is 0 Å². The Morgan fingerprint density at radius 3 is 2.00 bits per heavy atom. The molecule has 0 amide bonds. The highest BCUT2D eigenvalue weighted by atomic mass is 19.2. The highest BCUT2D eigenvalue weighted by Crippen LogP contribution is 2.29. The second-order valence-corrected chi connectivity index (χ2v) is 11.1. The van der Waals surface area contributed by atoms with E-state index in [9.17, 15) is 13.6 Å². The van der Waals surface area contributed by atoms with Crippen LogP contribution < -0.4 is 0 Å². The van der Waals surface area contributed by atoms with Crippen LogP contribution in [0.5, 0.6) is 0 Å². The molecule has 0 saturated heterocycles. The third-order valence-electron chi connectivity index (χ3n) is 6.69. The molecule has 0 aliphatic heterocycles. The van der Waals surface area contributed by atoms with Crippen molar-refractivity contribution < 1.29 is 18.7 Å². The average Bonchev–Trinajstić information content (AvgIpc) is 3.33. The maximum absolute atomic E-state index is 14.4. The van der Waals surface area contributed by atoms with Crippen molar-refractivity contribution >= 4 is 16.8 Å². The molecule has 1 N–H and O–H groups in total. The molecule has 0 spiro atoms. The van der Waals surface area contributed by atoms with Gasteiger partial charge in [0.25, 0.3) is 0 Å². The van der Waals surface area contributed by atoms with Gasteiger partial charge in [-0.1, -0.05) is 79.9 Å². The van der Waals surface area contributed by atoms with Crippen molar-refractivity contribution in [2.24, 2.45) is 5.41 Å². The standard InChI is InChI=1S/C20H22F2N4O.C6H14.C5H12O/c1-4-6-13(7-5-2)26-18-11-23-16(10-17(18)24-25-26)15-9-8-14(12(3)27)19(21)20(15)22;1-5-6(2,3)4;1-3-5(6)4-2/h8-11,13H,4-7H2,1-3H3;5H2,1-4H3;5-6H,3-4H2,1-2H3. The van der Waals surface area contributed by atoms with Gasteiger partial charge in [-0.25, -0.2) is 13.5 Å². The summed E-state index contributed by atoms with van der Waals surface area (Å²) < 4.78 is 30.4. The quantitative estimate of drug-likeness (QED) is 0.271. The molecular formula is C31H48F2N4O2. The second kappa shape index (κ2) is 16.4. The fourth-order valence-electron chi connectivity index (χ4n) is 3.62. The Kier molecular flexibility index (Phi) is 14.4. The van der Waals surface area contributed by atoms with Crippen LogP contribution in [0.4, 0.5) is 8.78 Å². The minimum atomic E-state index is -1.16. The second-order valence-electron chi connectivity index (χ2n) is 11.1. The number of hydrogen-bond donors (Lipinski definition) is 1. The Morgan fingerprint density at radius 1 is 1.00 bits per heavy atom. The molecule has 1 aromatic carbocycles. The number of aliphatic hydroxyl groups is 1. The molecule has 0 saturated carbocycles. The zero-order valence-corrected chi connectivity index (χ0v) is 25.3. The van der Waals surface area contributed by atoms with Crippen LogP contribution in [-0.2, 0) is 0 Å². The minimum Gasteiger partial charge on any atom is -0.393 e. The first-order chi connectivity index (χ1) is 18.3. The van der Waals surface area contributed by atoms with E-state index in [1.165, 1.54) is 25.5 Å². The number of aromatic nitrogens is 4. The number of pyridine rings is 1. The Bertz CT molecular complexity index is 1160. The predicted octanol–water partition coefficient (Wildman–Crippen LogP) is 8.73. The molecule has 3 rings (SSSR count). The Balaban J connectivity index is 0.000000530. The maximum Gasteiger partial charge on any atom is 0.170 e. The van der Waals surface area contributed by atoms with E-state index in [0.717, 1.165) is 44.0 Å². The van der Waals surface area contributed by atoms with Gasteiger partial charge in [0.2, 0.25) is 0 Å². The van der Waals surface area contributed by atoms with Crippen LogP contribution in [0, 0.1) is 17.0 Å². The third kappa shape index (κ3) is 10.4. The molecule has 0 atom stereocenters. The van der Waals surface area contributed by atoms with Crippen molar-refractivity contribution in [3.8, 4) is 11.3 Å². The monoisotopic (exact) mass is 546 g/mol. The summed E-state index contributed by atoms with van der Waals surface area (Å²) in [7, 11) is 0.